The molecule has 3 aromatic rings. The van der Waals surface area contributed by atoms with Gasteiger partial charge < -0.3 is 14.5 Å². The summed E-state index contributed by atoms with van der Waals surface area (Å²) in [5, 5.41) is 1.03. The maximum Gasteiger partial charge on any atom is 0.240 e. The molecule has 7 heteroatoms. The molecule has 0 amide bonds. The van der Waals surface area contributed by atoms with Crippen LogP contribution in [0.2, 0.25) is 0 Å². The van der Waals surface area contributed by atoms with Crippen molar-refractivity contribution in [2.75, 3.05) is 20.8 Å². The average Bonchev–Trinajstić information content (AvgIpc) is 3.11. The number of hydrogen-bond donors (Lipinski definition) is 2. The van der Waals surface area contributed by atoms with Crippen LogP contribution >= 0.6 is 0 Å². The second-order valence-electron chi connectivity index (χ2n) is 7.33. The van der Waals surface area contributed by atoms with Crippen LogP contribution in [0.1, 0.15) is 29.7 Å². The molecule has 0 saturated carbocycles. The van der Waals surface area contributed by atoms with E-state index in [1.165, 1.54) is 17.7 Å². The van der Waals surface area contributed by atoms with Gasteiger partial charge in [-0.05, 0) is 73.6 Å². The summed E-state index contributed by atoms with van der Waals surface area (Å²) in [5.41, 5.74) is 4.51. The number of aryl methyl sites for hydroxylation is 2. The Morgan fingerprint density at radius 3 is 2.59 bits per heavy atom. The second-order valence-corrected chi connectivity index (χ2v) is 9.10. The van der Waals surface area contributed by atoms with Gasteiger partial charge in [0.2, 0.25) is 10.0 Å². The lowest BCUT2D eigenvalue weighted by Crippen LogP contribution is -2.26. The van der Waals surface area contributed by atoms with Gasteiger partial charge in [0.25, 0.3) is 0 Å². The molecule has 0 aliphatic heterocycles. The molecule has 2 aromatic carbocycles. The molecule has 0 unspecified atom stereocenters. The lowest BCUT2D eigenvalue weighted by Gasteiger charge is -2.11. The number of aromatic amines is 1. The molecule has 29 heavy (non-hydrogen) atoms. The zero-order valence-electron chi connectivity index (χ0n) is 16.7. The third-order valence-electron chi connectivity index (χ3n) is 5.53. The maximum absolute atomic E-state index is 12.8. The number of sulfonamides is 1. The predicted molar refractivity (Wildman–Crippen MR) is 113 cm³/mol. The normalized spacial score (nSPS) is 14.0. The molecule has 1 aromatic heterocycles. The van der Waals surface area contributed by atoms with Crippen LogP contribution in [0, 0.1) is 0 Å². The number of rotatable bonds is 7. The number of fused-ring (bicyclic) bond motifs is 3. The SMILES string of the molecule is COc1ccc(CCNS(=O)(=O)c2ccc3[nH]c4c(c3c2)CCCC4)cc1OC. The van der Waals surface area contributed by atoms with Crippen molar-refractivity contribution in [3.63, 3.8) is 0 Å². The minimum atomic E-state index is -3.57. The van der Waals surface area contributed by atoms with Crippen LogP contribution in [0.3, 0.4) is 0 Å². The number of H-pyrrole nitrogens is 1. The average molecular weight is 415 g/mol. The molecule has 0 fully saturated rings. The summed E-state index contributed by atoms with van der Waals surface area (Å²) < 4.78 is 38.9. The molecule has 1 aliphatic rings. The zero-order valence-corrected chi connectivity index (χ0v) is 17.6. The van der Waals surface area contributed by atoms with Gasteiger partial charge in [-0.25, -0.2) is 13.1 Å². The summed E-state index contributed by atoms with van der Waals surface area (Å²) in [6.45, 7) is 0.307. The van der Waals surface area contributed by atoms with Crippen molar-refractivity contribution < 1.29 is 17.9 Å². The van der Waals surface area contributed by atoms with Crippen LogP contribution in [0.5, 0.6) is 11.5 Å². The van der Waals surface area contributed by atoms with E-state index in [1.807, 2.05) is 24.3 Å². The minimum Gasteiger partial charge on any atom is -0.493 e. The standard InChI is InChI=1S/C22H26N2O4S/c1-27-21-10-7-15(13-22(21)28-2)11-12-23-29(25,26)16-8-9-20-18(14-16)17-5-3-4-6-19(17)24-20/h7-10,13-14,23-24H,3-6,11-12H2,1-2H3. The van der Waals surface area contributed by atoms with Gasteiger partial charge >= 0.3 is 0 Å². The maximum atomic E-state index is 12.8. The van der Waals surface area contributed by atoms with Gasteiger partial charge in [0, 0.05) is 23.1 Å². The van der Waals surface area contributed by atoms with Crippen LogP contribution in [0.25, 0.3) is 10.9 Å². The quantitative estimate of drug-likeness (QED) is 0.619. The Labute approximate surface area is 171 Å². The van der Waals surface area contributed by atoms with Crippen LogP contribution < -0.4 is 14.2 Å². The molecule has 2 N–H and O–H groups in total. The van der Waals surface area contributed by atoms with E-state index in [0.29, 0.717) is 29.4 Å². The molecule has 0 spiro atoms. The lowest BCUT2D eigenvalue weighted by atomic mass is 9.96. The third kappa shape index (κ3) is 3.97. The van der Waals surface area contributed by atoms with Crippen molar-refractivity contribution >= 4 is 20.9 Å². The molecule has 0 bridgehead atoms. The monoisotopic (exact) mass is 414 g/mol. The third-order valence-corrected chi connectivity index (χ3v) is 6.99. The van der Waals surface area contributed by atoms with Crippen LogP contribution in [0.4, 0.5) is 0 Å². The van der Waals surface area contributed by atoms with Gasteiger partial charge in [0.15, 0.2) is 11.5 Å². The summed E-state index contributed by atoms with van der Waals surface area (Å²) in [7, 11) is -0.404. The van der Waals surface area contributed by atoms with Crippen molar-refractivity contribution in [2.24, 2.45) is 0 Å². The van der Waals surface area contributed by atoms with E-state index in [2.05, 4.69) is 9.71 Å². The molecular formula is C22H26N2O4S. The molecule has 4 rings (SSSR count). The first-order valence-electron chi connectivity index (χ1n) is 9.86. The number of nitrogens with one attached hydrogen (secondary N) is 2. The molecule has 0 atom stereocenters. The molecule has 0 radical (unpaired) electrons. The highest BCUT2D eigenvalue weighted by Gasteiger charge is 2.19. The number of benzene rings is 2. The fourth-order valence-electron chi connectivity index (χ4n) is 4.00. The molecular weight excluding hydrogens is 388 g/mol. The van der Waals surface area contributed by atoms with Gasteiger partial charge in [-0.2, -0.15) is 0 Å². The zero-order chi connectivity index (χ0) is 20.4. The Kier molecular flexibility index (Phi) is 5.52. The van der Waals surface area contributed by atoms with Gasteiger partial charge in [-0.3, -0.25) is 0 Å². The van der Waals surface area contributed by atoms with Crippen molar-refractivity contribution in [2.45, 2.75) is 37.0 Å². The summed E-state index contributed by atoms with van der Waals surface area (Å²) in [6, 6.07) is 10.9. The van der Waals surface area contributed by atoms with E-state index in [0.717, 1.165) is 35.7 Å². The van der Waals surface area contributed by atoms with E-state index in [9.17, 15) is 8.42 Å². The first-order chi connectivity index (χ1) is 14.0. The molecule has 0 saturated heterocycles. The minimum absolute atomic E-state index is 0.307. The van der Waals surface area contributed by atoms with Crippen LogP contribution in [-0.4, -0.2) is 34.2 Å². The fourth-order valence-corrected chi connectivity index (χ4v) is 5.06. The fraction of sp³-hybridized carbons (Fsp3) is 0.364. The number of ether oxygens (including phenoxy) is 2. The number of aromatic nitrogens is 1. The lowest BCUT2D eigenvalue weighted by molar-refractivity contribution is 0.354. The second kappa shape index (κ2) is 8.08. The number of methoxy groups -OCH3 is 2. The van der Waals surface area contributed by atoms with Gasteiger partial charge in [0.1, 0.15) is 0 Å². The van der Waals surface area contributed by atoms with E-state index in [4.69, 9.17) is 9.47 Å². The molecule has 154 valence electrons. The highest BCUT2D eigenvalue weighted by molar-refractivity contribution is 7.89. The smallest absolute Gasteiger partial charge is 0.240 e. The molecule has 1 aliphatic carbocycles. The van der Waals surface area contributed by atoms with E-state index in [-0.39, 0.29) is 0 Å². The van der Waals surface area contributed by atoms with E-state index >= 15 is 0 Å². The van der Waals surface area contributed by atoms with Crippen molar-refractivity contribution in [3.8, 4) is 11.5 Å². The van der Waals surface area contributed by atoms with Gasteiger partial charge in [-0.15, -0.1) is 0 Å². The Balaban J connectivity index is 1.49. The first-order valence-corrected chi connectivity index (χ1v) is 11.3. The van der Waals surface area contributed by atoms with Gasteiger partial charge in [0.05, 0.1) is 19.1 Å². The topological polar surface area (TPSA) is 80.4 Å². The molecule has 1 heterocycles. The highest BCUT2D eigenvalue weighted by Crippen LogP contribution is 2.31. The molecule has 6 nitrogen and oxygen atoms in total. The van der Waals surface area contributed by atoms with Crippen LogP contribution in [0.15, 0.2) is 41.3 Å². The van der Waals surface area contributed by atoms with E-state index < -0.39 is 10.0 Å². The Morgan fingerprint density at radius 2 is 1.79 bits per heavy atom. The van der Waals surface area contributed by atoms with Gasteiger partial charge in [-0.1, -0.05) is 6.07 Å². The first kappa shape index (κ1) is 19.8. The van der Waals surface area contributed by atoms with Crippen LogP contribution in [-0.2, 0) is 29.3 Å². The van der Waals surface area contributed by atoms with Crippen molar-refractivity contribution in [1.29, 1.82) is 0 Å². The number of hydrogen-bond acceptors (Lipinski definition) is 4. The summed E-state index contributed by atoms with van der Waals surface area (Å²) >= 11 is 0. The summed E-state index contributed by atoms with van der Waals surface area (Å²) in [4.78, 5) is 3.75. The van der Waals surface area contributed by atoms with E-state index in [1.54, 1.807) is 26.4 Å². The van der Waals surface area contributed by atoms with Crippen molar-refractivity contribution in [3.05, 3.63) is 53.2 Å². The Hall–Kier alpha value is -2.51. The van der Waals surface area contributed by atoms with Crippen molar-refractivity contribution in [1.82, 2.24) is 9.71 Å². The summed E-state index contributed by atoms with van der Waals surface area (Å²) in [5.74, 6) is 1.29. The Morgan fingerprint density at radius 1 is 1.00 bits per heavy atom. The highest BCUT2D eigenvalue weighted by atomic mass is 32.2. The predicted octanol–water partition coefficient (Wildman–Crippen LogP) is 3.58. The largest absolute Gasteiger partial charge is 0.493 e. The summed E-state index contributed by atoms with van der Waals surface area (Å²) in [6.07, 6.45) is 4.94. The Bertz CT molecular complexity index is 1140.